The van der Waals surface area contributed by atoms with Crippen LogP contribution in [0.4, 0.5) is 0 Å². The number of hydrogen-bond donors (Lipinski definition) is 1. The first-order valence-corrected chi connectivity index (χ1v) is 4.68. The van der Waals surface area contributed by atoms with Crippen molar-refractivity contribution >= 4 is 0 Å². The average Bonchev–Trinajstić information content (AvgIpc) is 2.68. The van der Waals surface area contributed by atoms with Gasteiger partial charge in [0, 0.05) is 24.6 Å². The molecule has 2 unspecified atom stereocenters. The van der Waals surface area contributed by atoms with Crippen molar-refractivity contribution in [2.75, 3.05) is 13.2 Å². The van der Waals surface area contributed by atoms with Crippen molar-refractivity contribution in [3.05, 3.63) is 30.1 Å². The maximum Gasteiger partial charge on any atom is 0.185 e. The number of nitrogens with zero attached hydrogens (tertiary/aromatic N) is 1. The van der Waals surface area contributed by atoms with Crippen LogP contribution in [0.25, 0.3) is 0 Å². The Bertz CT molecular complexity index is 278. The third-order valence-electron chi connectivity index (χ3n) is 2.16. The molecule has 1 aliphatic rings. The first kappa shape index (κ1) is 9.58. The van der Waals surface area contributed by atoms with Gasteiger partial charge in [0.2, 0.25) is 0 Å². The second-order valence-corrected chi connectivity index (χ2v) is 3.22. The molecule has 1 aromatic rings. The Hall–Kier alpha value is -0.970. The van der Waals surface area contributed by atoms with Crippen molar-refractivity contribution in [3.63, 3.8) is 0 Å². The highest BCUT2D eigenvalue weighted by Gasteiger charge is 2.26. The van der Waals surface area contributed by atoms with E-state index in [9.17, 15) is 0 Å². The Kier molecular flexibility index (Phi) is 3.08. The normalized spacial score (nSPS) is 26.6. The molecule has 4 nitrogen and oxygen atoms in total. The van der Waals surface area contributed by atoms with Crippen LogP contribution in [0.5, 0.6) is 0 Å². The van der Waals surface area contributed by atoms with Gasteiger partial charge in [0.25, 0.3) is 0 Å². The molecule has 0 aliphatic carbocycles. The van der Waals surface area contributed by atoms with E-state index in [0.717, 1.165) is 5.56 Å². The second-order valence-electron chi connectivity index (χ2n) is 3.22. The molecule has 1 N–H and O–H groups in total. The van der Waals surface area contributed by atoms with Crippen molar-refractivity contribution in [3.8, 4) is 0 Å². The third kappa shape index (κ3) is 2.09. The van der Waals surface area contributed by atoms with Gasteiger partial charge < -0.3 is 14.6 Å². The third-order valence-corrected chi connectivity index (χ3v) is 2.16. The lowest BCUT2D eigenvalue weighted by molar-refractivity contribution is -0.0629. The van der Waals surface area contributed by atoms with E-state index >= 15 is 0 Å². The van der Waals surface area contributed by atoms with Gasteiger partial charge in [0.1, 0.15) is 0 Å². The fourth-order valence-electron chi connectivity index (χ4n) is 1.43. The van der Waals surface area contributed by atoms with Crippen molar-refractivity contribution in [1.29, 1.82) is 0 Å². The van der Waals surface area contributed by atoms with Crippen molar-refractivity contribution in [1.82, 2.24) is 4.98 Å². The van der Waals surface area contributed by atoms with E-state index in [0.29, 0.717) is 13.0 Å². The van der Waals surface area contributed by atoms with E-state index in [1.807, 2.05) is 12.1 Å². The molecule has 1 aromatic heterocycles. The van der Waals surface area contributed by atoms with Gasteiger partial charge in [-0.15, -0.1) is 0 Å². The van der Waals surface area contributed by atoms with E-state index in [1.54, 1.807) is 12.4 Å². The van der Waals surface area contributed by atoms with Crippen molar-refractivity contribution < 1.29 is 14.6 Å². The molecule has 1 aliphatic heterocycles. The van der Waals surface area contributed by atoms with E-state index in [1.165, 1.54) is 0 Å². The van der Waals surface area contributed by atoms with Gasteiger partial charge in [-0.25, -0.2) is 0 Å². The van der Waals surface area contributed by atoms with Crippen LogP contribution < -0.4 is 0 Å². The molecular formula is C10H13NO3. The Morgan fingerprint density at radius 2 is 2.50 bits per heavy atom. The number of aromatic nitrogens is 1. The SMILES string of the molecule is OCCC1COC(c2cccnc2)O1. The lowest BCUT2D eigenvalue weighted by atomic mass is 10.3. The first-order chi connectivity index (χ1) is 6.90. The van der Waals surface area contributed by atoms with Crippen LogP contribution in [0.15, 0.2) is 24.5 Å². The summed E-state index contributed by atoms with van der Waals surface area (Å²) < 4.78 is 11.0. The Morgan fingerprint density at radius 3 is 3.21 bits per heavy atom. The minimum absolute atomic E-state index is 0.00482. The number of ether oxygens (including phenoxy) is 2. The van der Waals surface area contributed by atoms with Crippen LogP contribution in [-0.4, -0.2) is 29.4 Å². The fraction of sp³-hybridized carbons (Fsp3) is 0.500. The minimum Gasteiger partial charge on any atom is -0.396 e. The number of pyridine rings is 1. The highest BCUT2D eigenvalue weighted by atomic mass is 16.7. The number of aliphatic hydroxyl groups is 1. The smallest absolute Gasteiger partial charge is 0.185 e. The monoisotopic (exact) mass is 195 g/mol. The molecule has 1 fully saturated rings. The van der Waals surface area contributed by atoms with Gasteiger partial charge >= 0.3 is 0 Å². The predicted molar refractivity (Wildman–Crippen MR) is 49.5 cm³/mol. The summed E-state index contributed by atoms with van der Waals surface area (Å²) in [4.78, 5) is 3.99. The summed E-state index contributed by atoms with van der Waals surface area (Å²) >= 11 is 0. The Morgan fingerprint density at radius 1 is 1.57 bits per heavy atom. The van der Waals surface area contributed by atoms with Crippen LogP contribution in [0.2, 0.25) is 0 Å². The van der Waals surface area contributed by atoms with E-state index in [4.69, 9.17) is 14.6 Å². The lowest BCUT2D eigenvalue weighted by Gasteiger charge is -2.09. The molecule has 0 saturated carbocycles. The minimum atomic E-state index is -0.319. The van der Waals surface area contributed by atoms with Crippen LogP contribution in [0.1, 0.15) is 18.3 Å². The molecule has 0 bridgehead atoms. The second kappa shape index (κ2) is 4.50. The van der Waals surface area contributed by atoms with Gasteiger partial charge in [-0.05, 0) is 12.5 Å². The lowest BCUT2D eigenvalue weighted by Crippen LogP contribution is -2.11. The molecule has 14 heavy (non-hydrogen) atoms. The van der Waals surface area contributed by atoms with Gasteiger partial charge in [-0.1, -0.05) is 6.07 Å². The Balaban J connectivity index is 1.96. The highest BCUT2D eigenvalue weighted by Crippen LogP contribution is 2.27. The molecule has 76 valence electrons. The zero-order valence-corrected chi connectivity index (χ0v) is 7.80. The summed E-state index contributed by atoms with van der Waals surface area (Å²) in [6, 6.07) is 3.76. The topological polar surface area (TPSA) is 51.6 Å². The summed E-state index contributed by atoms with van der Waals surface area (Å²) in [6.07, 6.45) is 3.75. The molecule has 1 saturated heterocycles. The zero-order valence-electron chi connectivity index (χ0n) is 7.80. The van der Waals surface area contributed by atoms with Gasteiger partial charge in [-0.2, -0.15) is 0 Å². The summed E-state index contributed by atoms with van der Waals surface area (Å²) in [7, 11) is 0. The van der Waals surface area contributed by atoms with Gasteiger partial charge in [0.15, 0.2) is 6.29 Å². The molecule has 0 radical (unpaired) electrons. The largest absolute Gasteiger partial charge is 0.396 e. The molecule has 0 spiro atoms. The maximum absolute atomic E-state index is 8.74. The summed E-state index contributed by atoms with van der Waals surface area (Å²) in [5.74, 6) is 0. The molecule has 2 rings (SSSR count). The molecule has 2 atom stereocenters. The predicted octanol–water partition coefficient (Wildman–Crippen LogP) is 0.878. The van der Waals surface area contributed by atoms with Crippen LogP contribution in [-0.2, 0) is 9.47 Å². The van der Waals surface area contributed by atoms with Crippen LogP contribution in [0, 0.1) is 0 Å². The van der Waals surface area contributed by atoms with Crippen molar-refractivity contribution in [2.24, 2.45) is 0 Å². The quantitative estimate of drug-likeness (QED) is 0.777. The average molecular weight is 195 g/mol. The standard InChI is InChI=1S/C10H13NO3/c12-5-3-9-7-13-10(14-9)8-2-1-4-11-6-8/h1-2,4,6,9-10,12H,3,5,7H2. The number of hydrogen-bond acceptors (Lipinski definition) is 4. The fourth-order valence-corrected chi connectivity index (χ4v) is 1.43. The summed E-state index contributed by atoms with van der Waals surface area (Å²) in [6.45, 7) is 0.675. The number of rotatable bonds is 3. The first-order valence-electron chi connectivity index (χ1n) is 4.68. The van der Waals surface area contributed by atoms with E-state index < -0.39 is 0 Å². The van der Waals surface area contributed by atoms with Gasteiger partial charge in [-0.3, -0.25) is 4.98 Å². The molecule has 0 aromatic carbocycles. The van der Waals surface area contributed by atoms with Crippen molar-refractivity contribution in [2.45, 2.75) is 18.8 Å². The van der Waals surface area contributed by atoms with Crippen LogP contribution in [0.3, 0.4) is 0 Å². The maximum atomic E-state index is 8.74. The molecule has 4 heteroatoms. The zero-order chi connectivity index (χ0) is 9.80. The Labute approximate surface area is 82.5 Å². The summed E-state index contributed by atoms with van der Waals surface area (Å²) in [5, 5.41) is 8.74. The van der Waals surface area contributed by atoms with E-state index in [-0.39, 0.29) is 19.0 Å². The molecule has 2 heterocycles. The summed E-state index contributed by atoms with van der Waals surface area (Å²) in [5.41, 5.74) is 0.924. The number of aliphatic hydroxyl groups excluding tert-OH is 1. The van der Waals surface area contributed by atoms with E-state index in [2.05, 4.69) is 4.98 Å². The highest BCUT2D eigenvalue weighted by molar-refractivity contribution is 5.10. The molecular weight excluding hydrogens is 182 g/mol. The molecule has 0 amide bonds. The van der Waals surface area contributed by atoms with Crippen LogP contribution >= 0.6 is 0 Å². The van der Waals surface area contributed by atoms with Gasteiger partial charge in [0.05, 0.1) is 12.7 Å².